The van der Waals surface area contributed by atoms with E-state index in [4.69, 9.17) is 25.8 Å². The molecule has 1 aromatic heterocycles. The van der Waals surface area contributed by atoms with E-state index in [0.717, 1.165) is 37.0 Å². The van der Waals surface area contributed by atoms with E-state index in [1.165, 1.54) is 7.11 Å². The summed E-state index contributed by atoms with van der Waals surface area (Å²) in [6.45, 7) is 5.55. The van der Waals surface area contributed by atoms with Crippen LogP contribution in [0, 0.1) is 5.41 Å². The summed E-state index contributed by atoms with van der Waals surface area (Å²) < 4.78 is 16.5. The number of thiophene rings is 1. The van der Waals surface area contributed by atoms with E-state index in [1.54, 1.807) is 6.07 Å². The Morgan fingerprint density at radius 3 is 2.50 bits per heavy atom. The fourth-order valence-electron chi connectivity index (χ4n) is 3.73. The van der Waals surface area contributed by atoms with Crippen molar-refractivity contribution in [1.29, 1.82) is 0 Å². The van der Waals surface area contributed by atoms with Gasteiger partial charge in [-0.05, 0) is 51.9 Å². The van der Waals surface area contributed by atoms with Crippen molar-refractivity contribution in [2.45, 2.75) is 64.2 Å². The number of amides is 1. The first-order valence-electron chi connectivity index (χ1n) is 8.63. The third-order valence-corrected chi connectivity index (χ3v) is 5.96. The molecule has 1 spiro atoms. The van der Waals surface area contributed by atoms with Gasteiger partial charge < -0.3 is 19.5 Å². The maximum Gasteiger partial charge on any atom is 0.407 e. The monoisotopic (exact) mass is 401 g/mol. The van der Waals surface area contributed by atoms with Crippen LogP contribution in [0.25, 0.3) is 0 Å². The quantitative estimate of drug-likeness (QED) is 0.757. The number of carbonyl (C=O) groups excluding carboxylic acids is 2. The number of halogens is 1. The topological polar surface area (TPSA) is 73.9 Å². The number of rotatable bonds is 4. The molecular weight excluding hydrogens is 378 g/mol. The van der Waals surface area contributed by atoms with Crippen LogP contribution < -0.4 is 10.1 Å². The average Bonchev–Trinajstić information content (AvgIpc) is 2.80. The molecule has 1 aromatic rings. The Morgan fingerprint density at radius 2 is 1.92 bits per heavy atom. The molecule has 2 aliphatic rings. The maximum absolute atomic E-state index is 11.8. The first kappa shape index (κ1) is 19.3. The van der Waals surface area contributed by atoms with Gasteiger partial charge in [-0.25, -0.2) is 9.59 Å². The lowest BCUT2D eigenvalue weighted by Crippen LogP contribution is -2.59. The lowest BCUT2D eigenvalue weighted by molar-refractivity contribution is -0.0854. The molecule has 2 aliphatic carbocycles. The number of ether oxygens (including phenoxy) is 3. The van der Waals surface area contributed by atoms with Crippen molar-refractivity contribution in [3.05, 3.63) is 15.3 Å². The summed E-state index contributed by atoms with van der Waals surface area (Å²) in [5, 5.41) is 2.92. The molecule has 1 amide bonds. The Kier molecular flexibility index (Phi) is 5.14. The van der Waals surface area contributed by atoms with Crippen LogP contribution >= 0.6 is 22.9 Å². The first-order chi connectivity index (χ1) is 12.1. The summed E-state index contributed by atoms with van der Waals surface area (Å²) in [5.41, 5.74) is -0.254. The predicted octanol–water partition coefficient (Wildman–Crippen LogP) is 4.40. The molecule has 1 N–H and O–H groups in total. The van der Waals surface area contributed by atoms with E-state index in [-0.39, 0.29) is 23.7 Å². The fraction of sp³-hybridized carbons (Fsp3) is 0.667. The Morgan fingerprint density at radius 1 is 1.27 bits per heavy atom. The van der Waals surface area contributed by atoms with Crippen LogP contribution in [0.1, 0.15) is 56.1 Å². The summed E-state index contributed by atoms with van der Waals surface area (Å²) in [5.74, 6) is 0.0608. The summed E-state index contributed by atoms with van der Waals surface area (Å²) in [6, 6.07) is 1.82. The molecule has 0 atom stereocenters. The minimum absolute atomic E-state index is 0.0616. The van der Waals surface area contributed by atoms with Gasteiger partial charge in [0.2, 0.25) is 0 Å². The number of alkyl carbamates (subject to hydrolysis) is 1. The molecule has 0 unspecified atom stereocenters. The van der Waals surface area contributed by atoms with Gasteiger partial charge in [-0.1, -0.05) is 11.6 Å². The summed E-state index contributed by atoms with van der Waals surface area (Å²) in [4.78, 5) is 24.0. The Labute approximate surface area is 162 Å². The molecule has 1 heterocycles. The van der Waals surface area contributed by atoms with E-state index < -0.39 is 11.6 Å². The van der Waals surface area contributed by atoms with Crippen LogP contribution in [-0.4, -0.2) is 36.9 Å². The van der Waals surface area contributed by atoms with Gasteiger partial charge in [0.1, 0.15) is 11.4 Å². The van der Waals surface area contributed by atoms with Gasteiger partial charge in [0, 0.05) is 12.1 Å². The largest absolute Gasteiger partial charge is 0.489 e. The second-order valence-corrected chi connectivity index (χ2v) is 9.82. The van der Waals surface area contributed by atoms with Crippen molar-refractivity contribution in [1.82, 2.24) is 5.32 Å². The van der Waals surface area contributed by atoms with Gasteiger partial charge in [0.25, 0.3) is 0 Å². The molecule has 0 aromatic carbocycles. The third kappa shape index (κ3) is 4.26. The van der Waals surface area contributed by atoms with E-state index in [2.05, 4.69) is 5.32 Å². The number of hydrogen-bond donors (Lipinski definition) is 1. The first-order valence-corrected chi connectivity index (χ1v) is 9.82. The van der Waals surface area contributed by atoms with Crippen molar-refractivity contribution >= 4 is 35.0 Å². The lowest BCUT2D eigenvalue weighted by Gasteiger charge is -2.57. The van der Waals surface area contributed by atoms with Gasteiger partial charge in [0.15, 0.2) is 4.88 Å². The Bertz CT molecular complexity index is 697. The van der Waals surface area contributed by atoms with Gasteiger partial charge in [0.05, 0.1) is 17.6 Å². The molecule has 0 saturated heterocycles. The molecular formula is C18H24ClNO5S. The molecule has 2 saturated carbocycles. The van der Waals surface area contributed by atoms with E-state index in [9.17, 15) is 9.59 Å². The summed E-state index contributed by atoms with van der Waals surface area (Å²) >= 11 is 7.16. The van der Waals surface area contributed by atoms with Crippen LogP contribution in [0.3, 0.4) is 0 Å². The van der Waals surface area contributed by atoms with Crippen LogP contribution in [0.5, 0.6) is 5.75 Å². The van der Waals surface area contributed by atoms with Gasteiger partial charge in [-0.3, -0.25) is 0 Å². The second kappa shape index (κ2) is 6.93. The molecule has 144 valence electrons. The van der Waals surface area contributed by atoms with Crippen molar-refractivity contribution in [3.63, 3.8) is 0 Å². The van der Waals surface area contributed by atoms with Gasteiger partial charge in [-0.15, -0.1) is 11.3 Å². The van der Waals surface area contributed by atoms with Crippen molar-refractivity contribution in [2.24, 2.45) is 5.41 Å². The van der Waals surface area contributed by atoms with Crippen molar-refractivity contribution in [3.8, 4) is 5.75 Å². The number of carbonyl (C=O) groups is 2. The smallest absolute Gasteiger partial charge is 0.407 e. The highest BCUT2D eigenvalue weighted by molar-refractivity contribution is 7.18. The average molecular weight is 402 g/mol. The van der Waals surface area contributed by atoms with Crippen molar-refractivity contribution in [2.75, 3.05) is 7.11 Å². The van der Waals surface area contributed by atoms with Gasteiger partial charge >= 0.3 is 12.1 Å². The van der Waals surface area contributed by atoms with E-state index in [0.29, 0.717) is 15.0 Å². The van der Waals surface area contributed by atoms with Crippen molar-refractivity contribution < 1.29 is 23.8 Å². The standard InChI is InChI=1S/C18H24ClNO5S/c1-17(2,3)25-16(22)20-10-6-18(7-10)8-11(9-18)24-12-5-13(19)26-14(12)15(21)23-4/h5,10-11H,6-9H2,1-4H3,(H,20,22). The molecule has 8 heteroatoms. The van der Waals surface area contributed by atoms with Crippen LogP contribution in [0.15, 0.2) is 6.07 Å². The summed E-state index contributed by atoms with van der Waals surface area (Å²) in [6.07, 6.45) is 3.38. The van der Waals surface area contributed by atoms with Gasteiger partial charge in [-0.2, -0.15) is 0 Å². The van der Waals surface area contributed by atoms with E-state index in [1.807, 2.05) is 20.8 Å². The lowest BCUT2D eigenvalue weighted by atomic mass is 9.53. The SMILES string of the molecule is COC(=O)c1sc(Cl)cc1OC1CC2(CC(NC(=O)OC(C)(C)C)C2)C1. The number of esters is 1. The molecule has 0 bridgehead atoms. The number of methoxy groups -OCH3 is 1. The fourth-order valence-corrected chi connectivity index (χ4v) is 4.80. The molecule has 2 fully saturated rings. The molecule has 0 aliphatic heterocycles. The number of nitrogens with one attached hydrogen (secondary N) is 1. The Hall–Kier alpha value is -1.47. The highest BCUT2D eigenvalue weighted by Gasteiger charge is 2.54. The predicted molar refractivity (Wildman–Crippen MR) is 99.1 cm³/mol. The zero-order valence-corrected chi connectivity index (χ0v) is 17.0. The highest BCUT2D eigenvalue weighted by atomic mass is 35.5. The highest BCUT2D eigenvalue weighted by Crippen LogP contribution is 2.57. The van der Waals surface area contributed by atoms with E-state index >= 15 is 0 Å². The second-order valence-electron chi connectivity index (χ2n) is 8.13. The number of hydrogen-bond acceptors (Lipinski definition) is 6. The zero-order valence-electron chi connectivity index (χ0n) is 15.4. The minimum Gasteiger partial charge on any atom is -0.489 e. The maximum atomic E-state index is 11.8. The minimum atomic E-state index is -0.486. The van der Waals surface area contributed by atoms with Crippen LogP contribution in [0.2, 0.25) is 4.34 Å². The molecule has 6 nitrogen and oxygen atoms in total. The molecule has 0 radical (unpaired) electrons. The zero-order chi connectivity index (χ0) is 19.1. The van der Waals surface area contributed by atoms with Crippen LogP contribution in [-0.2, 0) is 9.47 Å². The normalized spacial score (nSPS) is 27.3. The summed E-state index contributed by atoms with van der Waals surface area (Å²) in [7, 11) is 1.34. The van der Waals surface area contributed by atoms with Crippen LogP contribution in [0.4, 0.5) is 4.79 Å². The molecule has 26 heavy (non-hydrogen) atoms. The molecule has 3 rings (SSSR count). The third-order valence-electron chi connectivity index (χ3n) is 4.73. The Balaban J connectivity index is 1.45.